The van der Waals surface area contributed by atoms with Crippen LogP contribution in [0.1, 0.15) is 31.4 Å². The fourth-order valence-corrected chi connectivity index (χ4v) is 3.05. The van der Waals surface area contributed by atoms with Crippen molar-refractivity contribution in [2.24, 2.45) is 0 Å². The number of hydrogen-bond acceptors (Lipinski definition) is 3. The van der Waals surface area contributed by atoms with E-state index in [1.807, 2.05) is 18.2 Å². The van der Waals surface area contributed by atoms with Crippen LogP contribution in [0.3, 0.4) is 0 Å². The number of aliphatic hydroxyl groups is 1. The zero-order valence-electron chi connectivity index (χ0n) is 11.9. The first kappa shape index (κ1) is 14.6. The van der Waals surface area contributed by atoms with E-state index in [4.69, 9.17) is 11.6 Å². The zero-order valence-corrected chi connectivity index (χ0v) is 12.7. The van der Waals surface area contributed by atoms with Gasteiger partial charge in [0.1, 0.15) is 0 Å². The van der Waals surface area contributed by atoms with Crippen LogP contribution in [0, 0.1) is 0 Å². The van der Waals surface area contributed by atoms with Crippen molar-refractivity contribution in [1.29, 1.82) is 0 Å². The second-order valence-electron chi connectivity index (χ2n) is 5.54. The van der Waals surface area contributed by atoms with E-state index in [-0.39, 0.29) is 0 Å². The predicted molar refractivity (Wildman–Crippen MR) is 81.0 cm³/mol. The fourth-order valence-electron chi connectivity index (χ4n) is 2.72. The van der Waals surface area contributed by atoms with Gasteiger partial charge in [0, 0.05) is 19.6 Å². The molecule has 2 atom stereocenters. The van der Waals surface area contributed by atoms with Crippen molar-refractivity contribution >= 4 is 17.3 Å². The van der Waals surface area contributed by atoms with Gasteiger partial charge in [-0.15, -0.1) is 0 Å². The minimum atomic E-state index is -0.474. The van der Waals surface area contributed by atoms with Crippen molar-refractivity contribution in [3.63, 3.8) is 0 Å². The van der Waals surface area contributed by atoms with Gasteiger partial charge >= 0.3 is 0 Å². The standard InChI is InChI=1S/C15H23ClN2O/c1-11(19)12-6-7-15(14(16)9-12)18(3)10-13-5-4-8-17(13)2/h6-7,9,11,13,19H,4-5,8,10H2,1-3H3/t11-,13?/m0/s1. The van der Waals surface area contributed by atoms with Gasteiger partial charge in [-0.1, -0.05) is 17.7 Å². The SMILES string of the molecule is C[C@H](O)c1ccc(N(C)CC2CCCN2C)c(Cl)c1. The normalized spacial score (nSPS) is 21.6. The number of hydrogen-bond donors (Lipinski definition) is 1. The molecule has 0 saturated carbocycles. The Labute approximate surface area is 120 Å². The Morgan fingerprint density at radius 2 is 2.26 bits per heavy atom. The van der Waals surface area contributed by atoms with Gasteiger partial charge < -0.3 is 14.9 Å². The quantitative estimate of drug-likeness (QED) is 0.920. The van der Waals surface area contributed by atoms with Crippen molar-refractivity contribution in [3.8, 4) is 0 Å². The van der Waals surface area contributed by atoms with Crippen molar-refractivity contribution in [3.05, 3.63) is 28.8 Å². The van der Waals surface area contributed by atoms with Crippen LogP contribution in [0.2, 0.25) is 5.02 Å². The number of benzene rings is 1. The molecule has 0 spiro atoms. The highest BCUT2D eigenvalue weighted by Crippen LogP contribution is 2.29. The fraction of sp³-hybridized carbons (Fsp3) is 0.600. The van der Waals surface area contributed by atoms with Gasteiger partial charge in [0.25, 0.3) is 0 Å². The van der Waals surface area contributed by atoms with Crippen molar-refractivity contribution in [2.75, 3.05) is 32.1 Å². The largest absolute Gasteiger partial charge is 0.389 e. The number of nitrogens with zero attached hydrogens (tertiary/aromatic N) is 2. The Morgan fingerprint density at radius 3 is 2.79 bits per heavy atom. The average Bonchev–Trinajstić information content (AvgIpc) is 2.74. The molecular formula is C15H23ClN2O. The van der Waals surface area contributed by atoms with Gasteiger partial charge in [-0.25, -0.2) is 0 Å². The maximum Gasteiger partial charge on any atom is 0.0762 e. The minimum absolute atomic E-state index is 0.474. The van der Waals surface area contributed by atoms with Crippen LogP contribution >= 0.6 is 11.6 Å². The summed E-state index contributed by atoms with van der Waals surface area (Å²) in [6.45, 7) is 3.93. The van der Waals surface area contributed by atoms with Crippen LogP contribution in [0.4, 0.5) is 5.69 Å². The minimum Gasteiger partial charge on any atom is -0.389 e. The lowest BCUT2D eigenvalue weighted by atomic mass is 10.1. The first-order chi connectivity index (χ1) is 8.99. The smallest absolute Gasteiger partial charge is 0.0762 e. The lowest BCUT2D eigenvalue weighted by Gasteiger charge is -2.28. The number of halogens is 1. The van der Waals surface area contributed by atoms with E-state index < -0.39 is 6.10 Å². The number of likely N-dealkylation sites (tertiary alicyclic amines) is 1. The van der Waals surface area contributed by atoms with E-state index in [2.05, 4.69) is 23.9 Å². The van der Waals surface area contributed by atoms with Crippen molar-refractivity contribution in [1.82, 2.24) is 4.90 Å². The molecule has 0 aliphatic carbocycles. The number of rotatable bonds is 4. The molecular weight excluding hydrogens is 260 g/mol. The van der Waals surface area contributed by atoms with Crippen LogP contribution in [0.25, 0.3) is 0 Å². The molecule has 0 aromatic heterocycles. The number of likely N-dealkylation sites (N-methyl/N-ethyl adjacent to an activating group) is 2. The molecule has 1 aromatic carbocycles. The first-order valence-electron chi connectivity index (χ1n) is 6.88. The molecule has 1 fully saturated rings. The second kappa shape index (κ2) is 6.12. The molecule has 4 heteroatoms. The topological polar surface area (TPSA) is 26.7 Å². The van der Waals surface area contributed by atoms with Crippen LogP contribution in [-0.2, 0) is 0 Å². The molecule has 1 aliphatic rings. The van der Waals surface area contributed by atoms with Crippen LogP contribution < -0.4 is 4.90 Å². The summed E-state index contributed by atoms with van der Waals surface area (Å²) in [5.41, 5.74) is 1.89. The Kier molecular flexibility index (Phi) is 4.71. The molecule has 1 aromatic rings. The molecule has 3 nitrogen and oxygen atoms in total. The van der Waals surface area contributed by atoms with Gasteiger partial charge in [0.05, 0.1) is 16.8 Å². The van der Waals surface area contributed by atoms with Crippen molar-refractivity contribution < 1.29 is 5.11 Å². The Balaban J connectivity index is 2.08. The Hall–Kier alpha value is -0.770. The summed E-state index contributed by atoms with van der Waals surface area (Å²) in [6.07, 6.45) is 2.06. The van der Waals surface area contributed by atoms with Crippen molar-refractivity contribution in [2.45, 2.75) is 31.9 Å². The molecule has 1 saturated heterocycles. The molecule has 19 heavy (non-hydrogen) atoms. The van der Waals surface area contributed by atoms with Gasteiger partial charge in [0.15, 0.2) is 0 Å². The average molecular weight is 283 g/mol. The van der Waals surface area contributed by atoms with E-state index in [9.17, 15) is 5.11 Å². The summed E-state index contributed by atoms with van der Waals surface area (Å²) in [6, 6.07) is 6.41. The maximum atomic E-state index is 9.56. The van der Waals surface area contributed by atoms with E-state index in [1.54, 1.807) is 6.92 Å². The maximum absolute atomic E-state index is 9.56. The lowest BCUT2D eigenvalue weighted by molar-refractivity contribution is 0.199. The van der Waals surface area contributed by atoms with E-state index in [0.717, 1.165) is 17.8 Å². The van der Waals surface area contributed by atoms with E-state index in [0.29, 0.717) is 11.1 Å². The number of anilines is 1. The molecule has 0 bridgehead atoms. The summed E-state index contributed by atoms with van der Waals surface area (Å²) in [5, 5.41) is 10.3. The molecule has 0 radical (unpaired) electrons. The van der Waals surface area contributed by atoms with E-state index in [1.165, 1.54) is 19.4 Å². The third-order valence-corrected chi connectivity index (χ3v) is 4.32. The molecule has 2 rings (SSSR count). The zero-order chi connectivity index (χ0) is 14.0. The monoisotopic (exact) mass is 282 g/mol. The first-order valence-corrected chi connectivity index (χ1v) is 7.25. The van der Waals surface area contributed by atoms with Gasteiger partial charge in [-0.05, 0) is 51.1 Å². The van der Waals surface area contributed by atoms with Gasteiger partial charge in [-0.3, -0.25) is 0 Å². The van der Waals surface area contributed by atoms with Gasteiger partial charge in [0.2, 0.25) is 0 Å². The highest BCUT2D eigenvalue weighted by Gasteiger charge is 2.22. The second-order valence-corrected chi connectivity index (χ2v) is 5.95. The molecule has 1 aliphatic heterocycles. The van der Waals surface area contributed by atoms with Crippen LogP contribution in [-0.4, -0.2) is 43.2 Å². The molecule has 1 N–H and O–H groups in total. The Bertz CT molecular complexity index is 436. The summed E-state index contributed by atoms with van der Waals surface area (Å²) in [7, 11) is 4.26. The summed E-state index contributed by atoms with van der Waals surface area (Å²) >= 11 is 6.32. The van der Waals surface area contributed by atoms with Gasteiger partial charge in [-0.2, -0.15) is 0 Å². The molecule has 1 heterocycles. The highest BCUT2D eigenvalue weighted by atomic mass is 35.5. The molecule has 1 unspecified atom stereocenters. The number of aliphatic hydroxyl groups excluding tert-OH is 1. The lowest BCUT2D eigenvalue weighted by Crippen LogP contribution is -2.36. The van der Waals surface area contributed by atoms with Crippen LogP contribution in [0.15, 0.2) is 18.2 Å². The highest BCUT2D eigenvalue weighted by molar-refractivity contribution is 6.33. The van der Waals surface area contributed by atoms with Crippen LogP contribution in [0.5, 0.6) is 0 Å². The third-order valence-electron chi connectivity index (χ3n) is 4.02. The summed E-state index contributed by atoms with van der Waals surface area (Å²) in [4.78, 5) is 4.62. The predicted octanol–water partition coefficient (Wildman–Crippen LogP) is 2.92. The molecule has 106 valence electrons. The molecule has 0 amide bonds. The summed E-state index contributed by atoms with van der Waals surface area (Å²) < 4.78 is 0. The van der Waals surface area contributed by atoms with E-state index >= 15 is 0 Å². The Morgan fingerprint density at radius 1 is 1.53 bits per heavy atom. The third kappa shape index (κ3) is 3.41. The summed E-state index contributed by atoms with van der Waals surface area (Å²) in [5.74, 6) is 0.